The summed E-state index contributed by atoms with van der Waals surface area (Å²) >= 11 is 0. The molecule has 0 saturated carbocycles. The smallest absolute Gasteiger partial charge is 0.231 e. The maximum Gasteiger partial charge on any atom is 0.231 e. The third-order valence-corrected chi connectivity index (χ3v) is 5.32. The first-order chi connectivity index (χ1) is 11.4. The van der Waals surface area contributed by atoms with E-state index in [0.29, 0.717) is 12.7 Å². The maximum absolute atomic E-state index is 11.3. The predicted octanol–water partition coefficient (Wildman–Crippen LogP) is 1.61. The highest BCUT2D eigenvalue weighted by atomic mass is 32.2. The van der Waals surface area contributed by atoms with Gasteiger partial charge in [-0.1, -0.05) is 13.0 Å². The van der Waals surface area contributed by atoms with Gasteiger partial charge in [0.1, 0.15) is 0 Å². The molecule has 0 amide bonds. The Balaban J connectivity index is 1.45. The largest absolute Gasteiger partial charge is 0.454 e. The van der Waals surface area contributed by atoms with Crippen LogP contribution >= 0.6 is 0 Å². The minimum absolute atomic E-state index is 0.0837. The normalized spacial score (nSPS) is 20.2. The summed E-state index contributed by atoms with van der Waals surface area (Å²) in [5, 5.41) is 0. The van der Waals surface area contributed by atoms with Gasteiger partial charge >= 0.3 is 0 Å². The zero-order valence-electron chi connectivity index (χ0n) is 14.3. The molecule has 134 valence electrons. The van der Waals surface area contributed by atoms with Crippen molar-refractivity contribution in [3.63, 3.8) is 0 Å². The van der Waals surface area contributed by atoms with Crippen LogP contribution in [0.3, 0.4) is 0 Å². The molecule has 0 bridgehead atoms. The molecule has 0 spiro atoms. The molecule has 1 aromatic carbocycles. The van der Waals surface area contributed by atoms with Crippen molar-refractivity contribution in [1.82, 2.24) is 9.62 Å². The zero-order valence-corrected chi connectivity index (χ0v) is 15.1. The number of nitrogens with zero attached hydrogens (tertiary/aromatic N) is 1. The van der Waals surface area contributed by atoms with E-state index >= 15 is 0 Å². The summed E-state index contributed by atoms with van der Waals surface area (Å²) in [6.07, 6.45) is 3.98. The van der Waals surface area contributed by atoms with Gasteiger partial charge in [-0.3, -0.25) is 0 Å². The van der Waals surface area contributed by atoms with Crippen LogP contribution in [0.15, 0.2) is 18.2 Å². The number of piperidine rings is 1. The lowest BCUT2D eigenvalue weighted by atomic mass is 9.98. The quantitative estimate of drug-likeness (QED) is 0.841. The number of hydrogen-bond acceptors (Lipinski definition) is 5. The Kier molecular flexibility index (Phi) is 5.32. The van der Waals surface area contributed by atoms with E-state index in [0.717, 1.165) is 50.4 Å². The van der Waals surface area contributed by atoms with E-state index in [4.69, 9.17) is 9.47 Å². The van der Waals surface area contributed by atoms with Gasteiger partial charge in [-0.25, -0.2) is 13.1 Å². The number of hydrogen-bond donors (Lipinski definition) is 1. The Morgan fingerprint density at radius 3 is 2.67 bits per heavy atom. The van der Waals surface area contributed by atoms with E-state index in [9.17, 15) is 8.42 Å². The SMILES string of the molecule is C[C@H](Cc1ccc2c(c1)OCO2)CN1CCC(NS(C)(=O)=O)CC1. The summed E-state index contributed by atoms with van der Waals surface area (Å²) in [5.74, 6) is 2.20. The monoisotopic (exact) mass is 354 g/mol. The van der Waals surface area contributed by atoms with Crippen LogP contribution in [0.4, 0.5) is 0 Å². The van der Waals surface area contributed by atoms with Crippen molar-refractivity contribution < 1.29 is 17.9 Å². The minimum Gasteiger partial charge on any atom is -0.454 e. The van der Waals surface area contributed by atoms with Crippen molar-refractivity contribution >= 4 is 10.0 Å². The number of likely N-dealkylation sites (tertiary alicyclic amines) is 1. The molecule has 0 aliphatic carbocycles. The van der Waals surface area contributed by atoms with Gasteiger partial charge in [0, 0.05) is 12.6 Å². The fourth-order valence-corrected chi connectivity index (χ4v) is 4.35. The van der Waals surface area contributed by atoms with E-state index in [1.54, 1.807) is 0 Å². The molecular formula is C17H26N2O4S. The number of nitrogens with one attached hydrogen (secondary N) is 1. The van der Waals surface area contributed by atoms with Crippen molar-refractivity contribution in [2.45, 2.75) is 32.2 Å². The first-order valence-corrected chi connectivity index (χ1v) is 10.4. The Hall–Kier alpha value is -1.31. The van der Waals surface area contributed by atoms with Gasteiger partial charge in [0.05, 0.1) is 6.26 Å². The molecule has 0 unspecified atom stereocenters. The highest BCUT2D eigenvalue weighted by Crippen LogP contribution is 2.33. The van der Waals surface area contributed by atoms with Crippen LogP contribution in [-0.4, -0.2) is 52.0 Å². The van der Waals surface area contributed by atoms with E-state index in [-0.39, 0.29) is 6.04 Å². The molecule has 2 aliphatic rings. The van der Waals surface area contributed by atoms with Gasteiger partial charge in [-0.15, -0.1) is 0 Å². The topological polar surface area (TPSA) is 67.9 Å². The van der Waals surface area contributed by atoms with Crippen LogP contribution < -0.4 is 14.2 Å². The van der Waals surface area contributed by atoms with Crippen LogP contribution in [0.2, 0.25) is 0 Å². The van der Waals surface area contributed by atoms with Gasteiger partial charge in [-0.05, 0) is 56.0 Å². The standard InChI is InChI=1S/C17H26N2O4S/c1-13(9-14-3-4-16-17(10-14)23-12-22-16)11-19-7-5-15(6-8-19)18-24(2,20)21/h3-4,10,13,15,18H,5-9,11-12H2,1-2H3/t13-/m1/s1. The first-order valence-electron chi connectivity index (χ1n) is 8.47. The molecule has 3 rings (SSSR count). The second kappa shape index (κ2) is 7.29. The molecule has 24 heavy (non-hydrogen) atoms. The minimum atomic E-state index is -3.10. The Morgan fingerprint density at radius 2 is 1.96 bits per heavy atom. The lowest BCUT2D eigenvalue weighted by Gasteiger charge is -2.33. The summed E-state index contributed by atoms with van der Waals surface area (Å²) in [6, 6.07) is 6.24. The first kappa shape index (κ1) is 17.5. The lowest BCUT2D eigenvalue weighted by Crippen LogP contribution is -2.45. The van der Waals surface area contributed by atoms with Crippen molar-refractivity contribution in [3.8, 4) is 11.5 Å². The van der Waals surface area contributed by atoms with E-state index in [1.807, 2.05) is 6.07 Å². The summed E-state index contributed by atoms with van der Waals surface area (Å²) < 4.78 is 36.1. The van der Waals surface area contributed by atoms with Gasteiger partial charge < -0.3 is 14.4 Å². The summed E-state index contributed by atoms with van der Waals surface area (Å²) in [5.41, 5.74) is 1.26. The molecule has 2 aliphatic heterocycles. The van der Waals surface area contributed by atoms with E-state index < -0.39 is 10.0 Å². The number of fused-ring (bicyclic) bond motifs is 1. The summed E-state index contributed by atoms with van der Waals surface area (Å²) in [6.45, 7) is 5.48. The Morgan fingerprint density at radius 1 is 1.25 bits per heavy atom. The lowest BCUT2D eigenvalue weighted by molar-refractivity contribution is 0.174. The van der Waals surface area contributed by atoms with Gasteiger partial charge in [-0.2, -0.15) is 0 Å². The molecule has 1 fully saturated rings. The van der Waals surface area contributed by atoms with Gasteiger partial charge in [0.25, 0.3) is 0 Å². The number of sulfonamides is 1. The second-order valence-electron chi connectivity index (χ2n) is 6.96. The molecule has 1 aromatic rings. The Labute approximate surface area is 144 Å². The predicted molar refractivity (Wildman–Crippen MR) is 92.9 cm³/mol. The van der Waals surface area contributed by atoms with E-state index in [2.05, 4.69) is 28.7 Å². The van der Waals surface area contributed by atoms with Crippen molar-refractivity contribution in [1.29, 1.82) is 0 Å². The van der Waals surface area contributed by atoms with Crippen molar-refractivity contribution in [2.24, 2.45) is 5.92 Å². The number of ether oxygens (including phenoxy) is 2. The molecule has 2 heterocycles. The third kappa shape index (κ3) is 4.84. The fourth-order valence-electron chi connectivity index (χ4n) is 3.51. The zero-order chi connectivity index (χ0) is 17.2. The molecule has 6 nitrogen and oxygen atoms in total. The van der Waals surface area contributed by atoms with Crippen LogP contribution in [0.1, 0.15) is 25.3 Å². The molecule has 0 aromatic heterocycles. The molecule has 1 N–H and O–H groups in total. The van der Waals surface area contributed by atoms with Gasteiger partial charge in [0.2, 0.25) is 16.8 Å². The molecule has 1 saturated heterocycles. The second-order valence-corrected chi connectivity index (χ2v) is 8.74. The third-order valence-electron chi connectivity index (χ3n) is 4.56. The Bertz CT molecular complexity index is 669. The van der Waals surface area contributed by atoms with Crippen molar-refractivity contribution in [2.75, 3.05) is 32.7 Å². The average Bonchev–Trinajstić information content (AvgIpc) is 2.95. The highest BCUT2D eigenvalue weighted by molar-refractivity contribution is 7.88. The van der Waals surface area contributed by atoms with Crippen LogP contribution in [0.5, 0.6) is 11.5 Å². The van der Waals surface area contributed by atoms with Crippen LogP contribution in [-0.2, 0) is 16.4 Å². The fraction of sp³-hybridized carbons (Fsp3) is 0.647. The van der Waals surface area contributed by atoms with Crippen molar-refractivity contribution in [3.05, 3.63) is 23.8 Å². The van der Waals surface area contributed by atoms with Gasteiger partial charge in [0.15, 0.2) is 11.5 Å². The van der Waals surface area contributed by atoms with Crippen LogP contribution in [0, 0.1) is 5.92 Å². The number of benzene rings is 1. The maximum atomic E-state index is 11.3. The highest BCUT2D eigenvalue weighted by Gasteiger charge is 2.23. The van der Waals surface area contributed by atoms with E-state index in [1.165, 1.54) is 11.8 Å². The molecule has 7 heteroatoms. The molecular weight excluding hydrogens is 328 g/mol. The van der Waals surface area contributed by atoms with Crippen LogP contribution in [0.25, 0.3) is 0 Å². The summed E-state index contributed by atoms with van der Waals surface area (Å²) in [7, 11) is -3.10. The number of rotatable bonds is 6. The average molecular weight is 354 g/mol. The molecule has 1 atom stereocenters. The molecule has 0 radical (unpaired) electrons. The summed E-state index contributed by atoms with van der Waals surface area (Å²) in [4.78, 5) is 2.43.